The average Bonchev–Trinajstić information content (AvgIpc) is 2.93. The molecule has 0 radical (unpaired) electrons. The molecule has 0 aromatic heterocycles. The van der Waals surface area contributed by atoms with E-state index in [1.807, 2.05) is 0 Å². The first-order valence-corrected chi connectivity index (χ1v) is 5.08. The van der Waals surface area contributed by atoms with E-state index in [9.17, 15) is 0 Å². The Morgan fingerprint density at radius 1 is 1.46 bits per heavy atom. The van der Waals surface area contributed by atoms with Crippen LogP contribution in [0.5, 0.6) is 0 Å². The molecule has 0 bridgehead atoms. The molecule has 0 spiro atoms. The molecular formula is C10H21NO2. The van der Waals surface area contributed by atoms with Crippen molar-refractivity contribution in [1.82, 2.24) is 4.90 Å². The second-order valence-corrected chi connectivity index (χ2v) is 4.02. The number of hydrogen-bond acceptors (Lipinski definition) is 3. The normalized spacial score (nSPS) is 19.4. The molecule has 13 heavy (non-hydrogen) atoms. The highest BCUT2D eigenvalue weighted by atomic mass is 16.5. The van der Waals surface area contributed by atoms with Gasteiger partial charge in [0.05, 0.1) is 6.61 Å². The van der Waals surface area contributed by atoms with E-state index in [-0.39, 0.29) is 5.41 Å². The summed E-state index contributed by atoms with van der Waals surface area (Å²) in [5.41, 5.74) is 0.240. The molecule has 0 aliphatic heterocycles. The van der Waals surface area contributed by atoms with E-state index >= 15 is 0 Å². The molecule has 0 aromatic rings. The van der Waals surface area contributed by atoms with Crippen molar-refractivity contribution >= 4 is 0 Å². The molecule has 0 saturated heterocycles. The molecule has 0 unspecified atom stereocenters. The average molecular weight is 187 g/mol. The van der Waals surface area contributed by atoms with E-state index in [0.717, 1.165) is 26.2 Å². The van der Waals surface area contributed by atoms with Gasteiger partial charge in [-0.2, -0.15) is 0 Å². The number of aliphatic hydroxyl groups excluding tert-OH is 1. The molecule has 1 aliphatic rings. The van der Waals surface area contributed by atoms with Crippen molar-refractivity contribution in [2.75, 3.05) is 40.0 Å². The number of nitrogens with zero attached hydrogens (tertiary/aromatic N) is 1. The van der Waals surface area contributed by atoms with Gasteiger partial charge in [0.15, 0.2) is 0 Å². The fourth-order valence-electron chi connectivity index (χ4n) is 1.59. The van der Waals surface area contributed by atoms with Gasteiger partial charge in [-0.1, -0.05) is 6.92 Å². The monoisotopic (exact) mass is 187 g/mol. The first-order valence-electron chi connectivity index (χ1n) is 5.08. The lowest BCUT2D eigenvalue weighted by atomic mass is 10.1. The molecule has 3 heteroatoms. The summed E-state index contributed by atoms with van der Waals surface area (Å²) in [5.74, 6) is 0. The van der Waals surface area contributed by atoms with Crippen LogP contribution < -0.4 is 0 Å². The Bertz CT molecular complexity index is 146. The lowest BCUT2D eigenvalue weighted by molar-refractivity contribution is 0.114. The number of hydrogen-bond donors (Lipinski definition) is 1. The van der Waals surface area contributed by atoms with E-state index in [1.54, 1.807) is 7.11 Å². The molecule has 78 valence electrons. The van der Waals surface area contributed by atoms with Gasteiger partial charge in [-0.25, -0.2) is 0 Å². The molecule has 1 saturated carbocycles. The molecule has 0 heterocycles. The minimum atomic E-state index is 0.240. The third-order valence-electron chi connectivity index (χ3n) is 2.91. The van der Waals surface area contributed by atoms with Crippen LogP contribution in [-0.2, 0) is 4.74 Å². The summed E-state index contributed by atoms with van der Waals surface area (Å²) in [6.07, 6.45) is 2.37. The fourth-order valence-corrected chi connectivity index (χ4v) is 1.59. The van der Waals surface area contributed by atoms with E-state index in [4.69, 9.17) is 9.84 Å². The topological polar surface area (TPSA) is 32.7 Å². The Kier molecular flexibility index (Phi) is 4.16. The quantitative estimate of drug-likeness (QED) is 0.637. The molecule has 1 fully saturated rings. The molecule has 1 aliphatic carbocycles. The van der Waals surface area contributed by atoms with Crippen LogP contribution in [0.1, 0.15) is 19.8 Å². The van der Waals surface area contributed by atoms with Crippen LogP contribution >= 0.6 is 0 Å². The van der Waals surface area contributed by atoms with Gasteiger partial charge < -0.3 is 14.7 Å². The van der Waals surface area contributed by atoms with Crippen molar-refractivity contribution < 1.29 is 9.84 Å². The summed E-state index contributed by atoms with van der Waals surface area (Å²) >= 11 is 0. The minimum Gasteiger partial charge on any atom is -0.396 e. The van der Waals surface area contributed by atoms with E-state index in [0.29, 0.717) is 6.61 Å². The Hall–Kier alpha value is -0.120. The van der Waals surface area contributed by atoms with Crippen molar-refractivity contribution in [1.29, 1.82) is 0 Å². The smallest absolute Gasteiger partial charge is 0.0589 e. The summed E-state index contributed by atoms with van der Waals surface area (Å²) < 4.78 is 5.04. The standard InChI is InChI=1S/C10H21NO2/c1-3-11(6-7-13-2)8-10(9-12)4-5-10/h12H,3-9H2,1-2H3. The Morgan fingerprint density at radius 3 is 2.54 bits per heavy atom. The molecular weight excluding hydrogens is 166 g/mol. The maximum absolute atomic E-state index is 9.17. The Labute approximate surface area is 80.7 Å². The molecule has 1 rings (SSSR count). The molecule has 1 N–H and O–H groups in total. The summed E-state index contributed by atoms with van der Waals surface area (Å²) in [7, 11) is 1.73. The molecule has 0 amide bonds. The highest BCUT2D eigenvalue weighted by molar-refractivity contribution is 4.94. The van der Waals surface area contributed by atoms with Gasteiger partial charge in [-0.05, 0) is 19.4 Å². The van der Waals surface area contributed by atoms with Gasteiger partial charge >= 0.3 is 0 Å². The van der Waals surface area contributed by atoms with Crippen LogP contribution in [0.15, 0.2) is 0 Å². The minimum absolute atomic E-state index is 0.240. The van der Waals surface area contributed by atoms with Crippen LogP contribution in [0.2, 0.25) is 0 Å². The van der Waals surface area contributed by atoms with E-state index in [1.165, 1.54) is 12.8 Å². The van der Waals surface area contributed by atoms with Crippen molar-refractivity contribution in [3.8, 4) is 0 Å². The molecule has 0 atom stereocenters. The molecule has 0 aromatic carbocycles. The first-order chi connectivity index (χ1) is 6.26. The van der Waals surface area contributed by atoms with E-state index in [2.05, 4.69) is 11.8 Å². The summed E-state index contributed by atoms with van der Waals surface area (Å²) in [5, 5.41) is 9.17. The van der Waals surface area contributed by atoms with Gasteiger partial charge in [0.2, 0.25) is 0 Å². The first kappa shape index (κ1) is 11.0. The second kappa shape index (κ2) is 4.94. The predicted octanol–water partition coefficient (Wildman–Crippen LogP) is 0.727. The van der Waals surface area contributed by atoms with Gasteiger partial charge in [0.25, 0.3) is 0 Å². The van der Waals surface area contributed by atoms with Gasteiger partial charge in [0.1, 0.15) is 0 Å². The van der Waals surface area contributed by atoms with Crippen LogP contribution in [0.3, 0.4) is 0 Å². The van der Waals surface area contributed by atoms with Crippen LogP contribution in [0.4, 0.5) is 0 Å². The zero-order chi connectivity index (χ0) is 9.73. The fraction of sp³-hybridized carbons (Fsp3) is 1.00. The zero-order valence-corrected chi connectivity index (χ0v) is 8.75. The SMILES string of the molecule is CCN(CCOC)CC1(CO)CC1. The van der Waals surface area contributed by atoms with Crippen molar-refractivity contribution in [3.63, 3.8) is 0 Å². The number of ether oxygens (including phenoxy) is 1. The zero-order valence-electron chi connectivity index (χ0n) is 8.75. The molecule has 3 nitrogen and oxygen atoms in total. The van der Waals surface area contributed by atoms with Crippen molar-refractivity contribution in [2.45, 2.75) is 19.8 Å². The summed E-state index contributed by atoms with van der Waals surface area (Å²) in [4.78, 5) is 2.35. The third kappa shape index (κ3) is 3.25. The van der Waals surface area contributed by atoms with Crippen LogP contribution in [0, 0.1) is 5.41 Å². The highest BCUT2D eigenvalue weighted by Gasteiger charge is 2.42. The Morgan fingerprint density at radius 2 is 2.15 bits per heavy atom. The highest BCUT2D eigenvalue weighted by Crippen LogP contribution is 2.45. The maximum atomic E-state index is 9.17. The number of methoxy groups -OCH3 is 1. The van der Waals surface area contributed by atoms with Crippen molar-refractivity contribution in [3.05, 3.63) is 0 Å². The number of rotatable bonds is 7. The lowest BCUT2D eigenvalue weighted by Crippen LogP contribution is -2.34. The van der Waals surface area contributed by atoms with Gasteiger partial charge in [0, 0.05) is 32.2 Å². The van der Waals surface area contributed by atoms with Crippen molar-refractivity contribution in [2.24, 2.45) is 5.41 Å². The second-order valence-electron chi connectivity index (χ2n) is 4.02. The lowest BCUT2D eigenvalue weighted by Gasteiger charge is -2.24. The van der Waals surface area contributed by atoms with Gasteiger partial charge in [-0.15, -0.1) is 0 Å². The Balaban J connectivity index is 2.22. The van der Waals surface area contributed by atoms with E-state index < -0.39 is 0 Å². The number of likely N-dealkylation sites (N-methyl/N-ethyl adjacent to an activating group) is 1. The predicted molar refractivity (Wildman–Crippen MR) is 52.7 cm³/mol. The number of aliphatic hydroxyl groups is 1. The van der Waals surface area contributed by atoms with Gasteiger partial charge in [-0.3, -0.25) is 0 Å². The van der Waals surface area contributed by atoms with Crippen LogP contribution in [-0.4, -0.2) is 50.0 Å². The summed E-state index contributed by atoms with van der Waals surface area (Å²) in [6.45, 7) is 6.35. The largest absolute Gasteiger partial charge is 0.396 e. The maximum Gasteiger partial charge on any atom is 0.0589 e. The summed E-state index contributed by atoms with van der Waals surface area (Å²) in [6, 6.07) is 0. The van der Waals surface area contributed by atoms with Crippen LogP contribution in [0.25, 0.3) is 0 Å². The third-order valence-corrected chi connectivity index (χ3v) is 2.91.